The molecule has 0 aliphatic heterocycles. The zero-order chi connectivity index (χ0) is 32.1. The summed E-state index contributed by atoms with van der Waals surface area (Å²) in [6, 6.07) is 57.0. The van der Waals surface area contributed by atoms with Crippen LogP contribution in [-0.2, 0) is 0 Å². The zero-order valence-corrected chi connectivity index (χ0v) is 27.1. The number of rotatable bonds is 2. The SMILES string of the molecule is c1ccc(-c2nc(-c3ccc4c(c3)c3ccccc3c3c4ccc4c3sc3ccc5ccccc5c34)nc3c2ccc2ccccc23)cc1. The van der Waals surface area contributed by atoms with Crippen LogP contribution in [0.25, 0.3) is 108 Å². The molecule has 0 N–H and O–H groups in total. The second-order valence-corrected chi connectivity index (χ2v) is 13.9. The van der Waals surface area contributed by atoms with Gasteiger partial charge in [0, 0.05) is 47.5 Å². The topological polar surface area (TPSA) is 25.8 Å². The maximum absolute atomic E-state index is 5.29. The molecule has 0 saturated carbocycles. The third-order valence-electron chi connectivity index (χ3n) is 10.2. The van der Waals surface area contributed by atoms with Crippen molar-refractivity contribution >= 4 is 96.3 Å². The molecule has 0 spiro atoms. The first-order chi connectivity index (χ1) is 24.3. The molecule has 11 rings (SSSR count). The van der Waals surface area contributed by atoms with Gasteiger partial charge in [-0.25, -0.2) is 9.97 Å². The first-order valence-corrected chi connectivity index (χ1v) is 17.5. The minimum absolute atomic E-state index is 0.737. The Morgan fingerprint density at radius 1 is 0.367 bits per heavy atom. The lowest BCUT2D eigenvalue weighted by atomic mass is 9.92. The van der Waals surface area contributed by atoms with Gasteiger partial charge in [-0.1, -0.05) is 140 Å². The minimum atomic E-state index is 0.737. The molecule has 9 aromatic carbocycles. The van der Waals surface area contributed by atoms with Gasteiger partial charge in [-0.05, 0) is 61.3 Å². The Kier molecular flexibility index (Phi) is 5.57. The summed E-state index contributed by atoms with van der Waals surface area (Å²) < 4.78 is 2.68. The van der Waals surface area contributed by atoms with E-state index in [1.165, 1.54) is 68.6 Å². The van der Waals surface area contributed by atoms with E-state index in [4.69, 9.17) is 9.97 Å². The standard InChI is InChI=1S/C46H26N2S/c1-2-12-29(13-3-1)43-38-22-18-28-11-5-7-15-32(28)44(38)48-46(47-43)30-19-21-34-36-23-24-37-41-31-14-6-4-10-27(31)20-25-40(41)49-45(37)42(36)35-17-9-8-16-33(35)39(34)26-30/h1-26H. The van der Waals surface area contributed by atoms with Crippen LogP contribution in [0, 0.1) is 0 Å². The average molecular weight is 639 g/mol. The quantitative estimate of drug-likeness (QED) is 0.176. The number of hydrogen-bond acceptors (Lipinski definition) is 3. The number of thiophene rings is 1. The lowest BCUT2D eigenvalue weighted by Gasteiger charge is -2.14. The van der Waals surface area contributed by atoms with Crippen LogP contribution in [-0.4, -0.2) is 9.97 Å². The predicted molar refractivity (Wildman–Crippen MR) is 211 cm³/mol. The highest BCUT2D eigenvalue weighted by Crippen LogP contribution is 2.46. The number of aromatic nitrogens is 2. The maximum atomic E-state index is 5.29. The fourth-order valence-electron chi connectivity index (χ4n) is 7.99. The summed E-state index contributed by atoms with van der Waals surface area (Å²) in [5, 5.41) is 16.3. The van der Waals surface area contributed by atoms with Crippen LogP contribution in [0.4, 0.5) is 0 Å². The maximum Gasteiger partial charge on any atom is 0.160 e. The van der Waals surface area contributed by atoms with Gasteiger partial charge in [0.25, 0.3) is 0 Å². The first kappa shape index (κ1) is 26.9. The molecule has 2 aromatic heterocycles. The van der Waals surface area contributed by atoms with Gasteiger partial charge in [0.1, 0.15) is 0 Å². The molecule has 2 heterocycles. The van der Waals surface area contributed by atoms with Crippen LogP contribution in [0.1, 0.15) is 0 Å². The van der Waals surface area contributed by atoms with Crippen LogP contribution in [0.15, 0.2) is 158 Å². The molecule has 226 valence electrons. The van der Waals surface area contributed by atoms with Crippen LogP contribution in [0.2, 0.25) is 0 Å². The lowest BCUT2D eigenvalue weighted by Crippen LogP contribution is -1.96. The molecule has 0 bridgehead atoms. The van der Waals surface area contributed by atoms with Crippen molar-refractivity contribution < 1.29 is 0 Å². The Morgan fingerprint density at radius 3 is 1.84 bits per heavy atom. The molecule has 0 amide bonds. The summed E-state index contributed by atoms with van der Waals surface area (Å²) in [5.74, 6) is 0.737. The largest absolute Gasteiger partial charge is 0.227 e. The third-order valence-corrected chi connectivity index (χ3v) is 11.4. The van der Waals surface area contributed by atoms with E-state index >= 15 is 0 Å². The first-order valence-electron chi connectivity index (χ1n) is 16.7. The van der Waals surface area contributed by atoms with Crippen molar-refractivity contribution in [2.24, 2.45) is 0 Å². The molecule has 0 unspecified atom stereocenters. The van der Waals surface area contributed by atoms with Crippen molar-refractivity contribution in [3.05, 3.63) is 158 Å². The zero-order valence-electron chi connectivity index (χ0n) is 26.3. The van der Waals surface area contributed by atoms with Crippen LogP contribution < -0.4 is 0 Å². The lowest BCUT2D eigenvalue weighted by molar-refractivity contribution is 1.24. The molecule has 0 atom stereocenters. The Labute approximate surface area is 285 Å². The highest BCUT2D eigenvalue weighted by atomic mass is 32.1. The van der Waals surface area contributed by atoms with Gasteiger partial charge in [-0.2, -0.15) is 0 Å². The predicted octanol–water partition coefficient (Wildman–Crippen LogP) is 13.1. The molecular formula is C46H26N2S. The molecule has 0 aliphatic rings. The van der Waals surface area contributed by atoms with Crippen LogP contribution in [0.5, 0.6) is 0 Å². The van der Waals surface area contributed by atoms with E-state index in [0.717, 1.165) is 38.9 Å². The molecule has 3 heteroatoms. The van der Waals surface area contributed by atoms with Gasteiger partial charge in [-0.15, -0.1) is 11.3 Å². The summed E-state index contributed by atoms with van der Waals surface area (Å²) in [6.45, 7) is 0. The smallest absolute Gasteiger partial charge is 0.160 e. The van der Waals surface area contributed by atoms with Gasteiger partial charge >= 0.3 is 0 Å². The Bertz CT molecular complexity index is 3140. The van der Waals surface area contributed by atoms with E-state index in [1.54, 1.807) is 0 Å². The molecule has 11 aromatic rings. The second kappa shape index (κ2) is 10.2. The normalized spacial score (nSPS) is 12.1. The summed E-state index contributed by atoms with van der Waals surface area (Å²) in [4.78, 5) is 10.6. The van der Waals surface area contributed by atoms with Crippen molar-refractivity contribution in [1.29, 1.82) is 0 Å². The number of nitrogens with zero attached hydrogens (tertiary/aromatic N) is 2. The number of fused-ring (bicyclic) bond motifs is 15. The van der Waals surface area contributed by atoms with Gasteiger partial charge < -0.3 is 0 Å². The van der Waals surface area contributed by atoms with E-state index in [0.29, 0.717) is 0 Å². The molecule has 49 heavy (non-hydrogen) atoms. The van der Waals surface area contributed by atoms with E-state index in [9.17, 15) is 0 Å². The molecule has 0 fully saturated rings. The number of benzene rings is 9. The van der Waals surface area contributed by atoms with Crippen molar-refractivity contribution in [1.82, 2.24) is 9.97 Å². The minimum Gasteiger partial charge on any atom is -0.227 e. The van der Waals surface area contributed by atoms with Crippen LogP contribution >= 0.6 is 11.3 Å². The Morgan fingerprint density at radius 2 is 0.980 bits per heavy atom. The van der Waals surface area contributed by atoms with E-state index in [1.807, 2.05) is 11.3 Å². The van der Waals surface area contributed by atoms with Gasteiger partial charge in [0.2, 0.25) is 0 Å². The molecule has 0 saturated heterocycles. The van der Waals surface area contributed by atoms with Crippen molar-refractivity contribution in [2.75, 3.05) is 0 Å². The van der Waals surface area contributed by atoms with Crippen molar-refractivity contribution in [3.8, 4) is 22.6 Å². The summed E-state index contributed by atoms with van der Waals surface area (Å²) in [6.07, 6.45) is 0. The van der Waals surface area contributed by atoms with Gasteiger partial charge in [0.05, 0.1) is 11.2 Å². The highest BCUT2D eigenvalue weighted by molar-refractivity contribution is 7.27. The van der Waals surface area contributed by atoms with Crippen molar-refractivity contribution in [2.45, 2.75) is 0 Å². The van der Waals surface area contributed by atoms with Crippen LogP contribution in [0.3, 0.4) is 0 Å². The van der Waals surface area contributed by atoms with E-state index in [2.05, 4.69) is 158 Å². The summed E-state index contributed by atoms with van der Waals surface area (Å²) >= 11 is 1.91. The summed E-state index contributed by atoms with van der Waals surface area (Å²) in [5.41, 5.74) is 4.03. The molecule has 2 nitrogen and oxygen atoms in total. The Hall–Kier alpha value is -6.16. The third kappa shape index (κ3) is 3.88. The molecule has 0 aliphatic carbocycles. The second-order valence-electron chi connectivity index (χ2n) is 12.9. The molecule has 0 radical (unpaired) electrons. The molecular weight excluding hydrogens is 613 g/mol. The fraction of sp³-hybridized carbons (Fsp3) is 0. The highest BCUT2D eigenvalue weighted by Gasteiger charge is 2.18. The average Bonchev–Trinajstić information content (AvgIpc) is 3.57. The monoisotopic (exact) mass is 638 g/mol. The Balaban J connectivity index is 1.22. The number of hydrogen-bond donors (Lipinski definition) is 0. The van der Waals surface area contributed by atoms with Gasteiger partial charge in [0.15, 0.2) is 5.82 Å². The van der Waals surface area contributed by atoms with E-state index < -0.39 is 0 Å². The van der Waals surface area contributed by atoms with Crippen molar-refractivity contribution in [3.63, 3.8) is 0 Å². The summed E-state index contributed by atoms with van der Waals surface area (Å²) in [7, 11) is 0. The van der Waals surface area contributed by atoms with E-state index in [-0.39, 0.29) is 0 Å². The fourth-order valence-corrected chi connectivity index (χ4v) is 9.27. The van der Waals surface area contributed by atoms with Gasteiger partial charge in [-0.3, -0.25) is 0 Å².